The zero-order valence-corrected chi connectivity index (χ0v) is 16.7. The number of para-hydroxylation sites is 1. The fourth-order valence-corrected chi connectivity index (χ4v) is 3.42. The van der Waals surface area contributed by atoms with Crippen molar-refractivity contribution in [1.29, 1.82) is 0 Å². The number of amides is 1. The van der Waals surface area contributed by atoms with Gasteiger partial charge in [-0.3, -0.25) is 9.59 Å². The third-order valence-electron chi connectivity index (χ3n) is 4.42. The molecule has 0 spiro atoms. The molecule has 2 aliphatic heterocycles. The highest BCUT2D eigenvalue weighted by Crippen LogP contribution is 2.24. The second kappa shape index (κ2) is 7.44. The number of halogens is 1. The Morgan fingerprint density at radius 3 is 2.61 bits per heavy atom. The molecule has 0 bridgehead atoms. The lowest BCUT2D eigenvalue weighted by atomic mass is 10.1. The molecule has 4 rings (SSSR count). The largest absolute Gasteiger partial charge is 0.353 e. The van der Waals surface area contributed by atoms with Crippen LogP contribution in [-0.2, 0) is 6.54 Å². The molecule has 0 unspecified atom stereocenters. The van der Waals surface area contributed by atoms with E-state index in [0.717, 1.165) is 4.47 Å². The lowest BCUT2D eigenvalue weighted by molar-refractivity contribution is 0.102. The predicted octanol–water partition coefficient (Wildman–Crippen LogP) is 4.17. The Labute approximate surface area is 169 Å². The van der Waals surface area contributed by atoms with Gasteiger partial charge < -0.3 is 9.88 Å². The van der Waals surface area contributed by atoms with Gasteiger partial charge in [0.05, 0.1) is 16.8 Å². The first kappa shape index (κ1) is 18.2. The minimum Gasteiger partial charge on any atom is -0.353 e. The fraction of sp³-hybridized carbons (Fsp3) is 0.0952. The Hall–Kier alpha value is -3.19. The molecule has 1 N–H and O–H groups in total. The Kier molecular flexibility index (Phi) is 4.83. The van der Waals surface area contributed by atoms with Crippen LogP contribution in [0.5, 0.6) is 0 Å². The zero-order chi connectivity index (χ0) is 19.7. The third-order valence-corrected chi connectivity index (χ3v) is 4.91. The normalized spacial score (nSPS) is 10.9. The highest BCUT2D eigenvalue weighted by Gasteiger charge is 2.24. The van der Waals surface area contributed by atoms with Crippen molar-refractivity contribution in [1.82, 2.24) is 14.3 Å². The van der Waals surface area contributed by atoms with Crippen LogP contribution in [0.4, 0.5) is 5.69 Å². The molecule has 0 fully saturated rings. The molecule has 0 atom stereocenters. The molecule has 2 aromatic rings. The van der Waals surface area contributed by atoms with Crippen LogP contribution in [0.1, 0.15) is 17.3 Å². The number of nitrogens with one attached hydrogen (secondary N) is 1. The van der Waals surface area contributed by atoms with Crippen LogP contribution in [0, 0.1) is 0 Å². The Balaban J connectivity index is 1.83. The zero-order valence-electron chi connectivity index (χ0n) is 15.1. The van der Waals surface area contributed by atoms with Crippen molar-refractivity contribution >= 4 is 27.5 Å². The van der Waals surface area contributed by atoms with Gasteiger partial charge in [0.25, 0.3) is 11.5 Å². The number of nitrogens with zero attached hydrogens (tertiary/aromatic N) is 3. The first-order valence-corrected chi connectivity index (χ1v) is 9.61. The molecule has 6 nitrogen and oxygen atoms in total. The van der Waals surface area contributed by atoms with Crippen molar-refractivity contribution in [3.63, 3.8) is 0 Å². The van der Waals surface area contributed by atoms with Crippen LogP contribution in [-0.4, -0.2) is 20.3 Å². The maximum atomic E-state index is 13.0. The van der Waals surface area contributed by atoms with Crippen molar-refractivity contribution in [2.75, 3.05) is 5.32 Å². The molecule has 140 valence electrons. The molecular formula is C21H17BrN4O2. The Morgan fingerprint density at radius 1 is 1.11 bits per heavy atom. The van der Waals surface area contributed by atoms with E-state index in [1.165, 1.54) is 4.68 Å². The Morgan fingerprint density at radius 2 is 1.89 bits per heavy atom. The number of carbonyl (C=O) groups excluding carboxylic acids is 1. The van der Waals surface area contributed by atoms with Gasteiger partial charge in [-0.15, -0.1) is 0 Å². The van der Waals surface area contributed by atoms with Gasteiger partial charge in [0.2, 0.25) is 0 Å². The molecule has 28 heavy (non-hydrogen) atoms. The fourth-order valence-electron chi connectivity index (χ4n) is 3.02. The summed E-state index contributed by atoms with van der Waals surface area (Å²) in [5.41, 5.74) is 2.21. The summed E-state index contributed by atoms with van der Waals surface area (Å²) in [5, 5.41) is 7.34. The number of aryl methyl sites for hydroxylation is 1. The van der Waals surface area contributed by atoms with Gasteiger partial charge in [-0.05, 0) is 37.3 Å². The number of fused-ring (bicyclic) bond motifs is 1. The molecule has 2 heterocycles. The maximum absolute atomic E-state index is 13.0. The minimum absolute atomic E-state index is 0.250. The number of anilines is 1. The van der Waals surface area contributed by atoms with Crippen LogP contribution in [0.2, 0.25) is 0 Å². The number of carbonyl (C=O) groups is 1. The van der Waals surface area contributed by atoms with Gasteiger partial charge in [0.15, 0.2) is 0 Å². The predicted molar refractivity (Wildman–Crippen MR) is 112 cm³/mol. The van der Waals surface area contributed by atoms with E-state index in [-0.39, 0.29) is 11.5 Å². The van der Waals surface area contributed by atoms with Crippen LogP contribution >= 0.6 is 15.9 Å². The van der Waals surface area contributed by atoms with Crippen molar-refractivity contribution in [3.05, 3.63) is 87.4 Å². The molecule has 0 aromatic heterocycles. The number of hydrogen-bond donors (Lipinski definition) is 1. The lowest BCUT2D eigenvalue weighted by Gasteiger charge is -2.11. The van der Waals surface area contributed by atoms with Gasteiger partial charge in [-0.25, -0.2) is 0 Å². The first-order chi connectivity index (χ1) is 13.6. The molecule has 0 saturated carbocycles. The number of aromatic nitrogens is 3. The average Bonchev–Trinajstić information content (AvgIpc) is 3.04. The number of pyridine rings is 1. The number of hydrogen-bond acceptors (Lipinski definition) is 3. The maximum Gasteiger partial charge on any atom is 0.282 e. The first-order valence-electron chi connectivity index (χ1n) is 8.82. The standard InChI is InChI=1S/C21H17BrN4O2/c1-2-25-12-17(20(27)23-15-8-6-7-14(22)11-15)19-18(13-25)21(28)26(24-19)16-9-4-3-5-10-16/h3-13H,2H2,1H3,(H,23,27). The van der Waals surface area contributed by atoms with Crippen LogP contribution in [0.3, 0.4) is 0 Å². The van der Waals surface area contributed by atoms with E-state index >= 15 is 0 Å². The van der Waals surface area contributed by atoms with E-state index in [9.17, 15) is 9.59 Å². The SMILES string of the molecule is CCn1cc(C(=O)Nc2cccc(Br)c2)c2nn(-c3ccccc3)c(=O)c-2c1. The van der Waals surface area contributed by atoms with Crippen molar-refractivity contribution in [3.8, 4) is 16.9 Å². The van der Waals surface area contributed by atoms with E-state index in [0.29, 0.717) is 34.7 Å². The van der Waals surface area contributed by atoms with E-state index in [1.54, 1.807) is 18.5 Å². The summed E-state index contributed by atoms with van der Waals surface area (Å²) in [7, 11) is 0. The minimum atomic E-state index is -0.316. The second-order valence-corrected chi connectivity index (χ2v) is 7.20. The highest BCUT2D eigenvalue weighted by molar-refractivity contribution is 9.10. The van der Waals surface area contributed by atoms with Gasteiger partial charge >= 0.3 is 0 Å². The average molecular weight is 437 g/mol. The molecule has 1 amide bonds. The van der Waals surface area contributed by atoms with E-state index in [1.807, 2.05) is 60.0 Å². The third kappa shape index (κ3) is 3.36. The monoisotopic (exact) mass is 436 g/mol. The number of rotatable bonds is 4. The van der Waals surface area contributed by atoms with E-state index < -0.39 is 0 Å². The summed E-state index contributed by atoms with van der Waals surface area (Å²) in [4.78, 5) is 25.9. The van der Waals surface area contributed by atoms with Crippen LogP contribution < -0.4 is 10.9 Å². The van der Waals surface area contributed by atoms with Crippen molar-refractivity contribution in [2.24, 2.45) is 0 Å². The molecule has 2 aliphatic rings. The molecular weight excluding hydrogens is 420 g/mol. The quantitative estimate of drug-likeness (QED) is 0.521. The summed E-state index contributed by atoms with van der Waals surface area (Å²) in [5.74, 6) is -0.316. The summed E-state index contributed by atoms with van der Waals surface area (Å²) in [6.45, 7) is 2.58. The smallest absolute Gasteiger partial charge is 0.282 e. The molecule has 0 aliphatic carbocycles. The second-order valence-electron chi connectivity index (χ2n) is 6.28. The molecule has 7 heteroatoms. The summed E-state index contributed by atoms with van der Waals surface area (Å²) in [6.07, 6.45) is 3.46. The van der Waals surface area contributed by atoms with Gasteiger partial charge in [-0.1, -0.05) is 40.2 Å². The van der Waals surface area contributed by atoms with Crippen LogP contribution in [0.25, 0.3) is 16.9 Å². The number of benzene rings is 2. The highest BCUT2D eigenvalue weighted by atomic mass is 79.9. The van der Waals surface area contributed by atoms with Gasteiger partial charge in [0, 0.05) is 29.1 Å². The Bertz CT molecular complexity index is 1180. The van der Waals surface area contributed by atoms with Crippen LogP contribution in [0.15, 0.2) is 76.3 Å². The molecule has 0 saturated heterocycles. The summed E-state index contributed by atoms with van der Waals surface area (Å²) < 4.78 is 4.01. The summed E-state index contributed by atoms with van der Waals surface area (Å²) in [6, 6.07) is 16.5. The summed E-state index contributed by atoms with van der Waals surface area (Å²) >= 11 is 3.40. The van der Waals surface area contributed by atoms with Gasteiger partial charge in [0.1, 0.15) is 5.69 Å². The van der Waals surface area contributed by atoms with Gasteiger partial charge in [-0.2, -0.15) is 9.78 Å². The van der Waals surface area contributed by atoms with E-state index in [2.05, 4.69) is 26.3 Å². The van der Waals surface area contributed by atoms with E-state index in [4.69, 9.17) is 0 Å². The molecule has 0 radical (unpaired) electrons. The topological polar surface area (TPSA) is 68.9 Å². The lowest BCUT2D eigenvalue weighted by Crippen LogP contribution is -2.17. The van der Waals surface area contributed by atoms with Crippen molar-refractivity contribution in [2.45, 2.75) is 13.5 Å². The molecule has 2 aromatic carbocycles. The van der Waals surface area contributed by atoms with Crippen molar-refractivity contribution < 1.29 is 4.79 Å².